The first-order valence-corrected chi connectivity index (χ1v) is 9.52. The Labute approximate surface area is 175 Å². The molecule has 2 aromatic carbocycles. The van der Waals surface area contributed by atoms with Gasteiger partial charge in [-0.1, -0.05) is 6.07 Å². The van der Waals surface area contributed by atoms with Gasteiger partial charge in [-0.05, 0) is 56.2 Å². The summed E-state index contributed by atoms with van der Waals surface area (Å²) >= 11 is 0. The molecule has 0 atom stereocenters. The number of amides is 1. The van der Waals surface area contributed by atoms with Gasteiger partial charge in [-0.15, -0.1) is 0 Å². The zero-order valence-corrected chi connectivity index (χ0v) is 17.1. The Kier molecular flexibility index (Phi) is 5.10. The Hall–Kier alpha value is -3.88. The van der Waals surface area contributed by atoms with Crippen molar-refractivity contribution < 1.29 is 13.6 Å². The number of benzene rings is 2. The van der Waals surface area contributed by atoms with Crippen LogP contribution in [0.4, 0.5) is 14.5 Å². The fourth-order valence-corrected chi connectivity index (χ4v) is 3.30. The van der Waals surface area contributed by atoms with Crippen molar-refractivity contribution in [1.29, 1.82) is 0 Å². The standard InChI is InChI=1S/C22H19F2N5O2/c1-12-4-6-16(8-13(12)2)29-21-17(10-25-29)14(3)27-28(22(21)31)11-20(30)26-19-7-5-15(23)9-18(19)24/h4-10H,11H2,1-3H3,(H,26,30). The summed E-state index contributed by atoms with van der Waals surface area (Å²) in [5, 5.41) is 11.4. The van der Waals surface area contributed by atoms with E-state index in [9.17, 15) is 18.4 Å². The lowest BCUT2D eigenvalue weighted by Crippen LogP contribution is -2.31. The summed E-state index contributed by atoms with van der Waals surface area (Å²) in [6, 6.07) is 8.53. The highest BCUT2D eigenvalue weighted by Gasteiger charge is 2.17. The molecule has 0 saturated heterocycles. The highest BCUT2D eigenvalue weighted by atomic mass is 19.1. The molecule has 158 valence electrons. The van der Waals surface area contributed by atoms with Crippen LogP contribution in [0, 0.1) is 32.4 Å². The Morgan fingerprint density at radius 2 is 1.84 bits per heavy atom. The summed E-state index contributed by atoms with van der Waals surface area (Å²) in [6.07, 6.45) is 1.56. The lowest BCUT2D eigenvalue weighted by atomic mass is 10.1. The predicted molar refractivity (Wildman–Crippen MR) is 112 cm³/mol. The summed E-state index contributed by atoms with van der Waals surface area (Å²) in [7, 11) is 0. The van der Waals surface area contributed by atoms with Crippen LogP contribution in [-0.4, -0.2) is 25.5 Å². The van der Waals surface area contributed by atoms with Crippen LogP contribution in [0.5, 0.6) is 0 Å². The van der Waals surface area contributed by atoms with Crippen LogP contribution in [0.1, 0.15) is 16.8 Å². The molecule has 2 heterocycles. The van der Waals surface area contributed by atoms with Crippen LogP contribution in [0.2, 0.25) is 0 Å². The molecule has 1 amide bonds. The number of aromatic nitrogens is 4. The third-order valence-electron chi connectivity index (χ3n) is 5.10. The molecule has 0 spiro atoms. The van der Waals surface area contributed by atoms with Gasteiger partial charge < -0.3 is 5.32 Å². The average Bonchev–Trinajstić information content (AvgIpc) is 3.16. The van der Waals surface area contributed by atoms with Crippen LogP contribution in [0.15, 0.2) is 47.4 Å². The molecule has 0 aliphatic rings. The zero-order valence-electron chi connectivity index (χ0n) is 17.1. The van der Waals surface area contributed by atoms with Gasteiger partial charge >= 0.3 is 0 Å². The number of hydrogen-bond donors (Lipinski definition) is 1. The highest BCUT2D eigenvalue weighted by Crippen LogP contribution is 2.20. The number of anilines is 1. The van der Waals surface area contributed by atoms with Crippen molar-refractivity contribution in [2.45, 2.75) is 27.3 Å². The lowest BCUT2D eigenvalue weighted by molar-refractivity contribution is -0.117. The van der Waals surface area contributed by atoms with Crippen molar-refractivity contribution in [3.05, 3.63) is 81.4 Å². The normalized spacial score (nSPS) is 11.1. The van der Waals surface area contributed by atoms with Gasteiger partial charge in [0.2, 0.25) is 5.91 Å². The number of halogens is 2. The van der Waals surface area contributed by atoms with Gasteiger partial charge in [-0.25, -0.2) is 18.1 Å². The third-order valence-corrected chi connectivity index (χ3v) is 5.10. The minimum absolute atomic E-state index is 0.183. The molecule has 0 aliphatic heterocycles. The number of aryl methyl sites for hydroxylation is 3. The number of rotatable bonds is 4. The number of nitrogens with zero attached hydrogens (tertiary/aromatic N) is 4. The molecule has 4 aromatic rings. The molecule has 0 bridgehead atoms. The molecule has 0 fully saturated rings. The van der Waals surface area contributed by atoms with E-state index in [4.69, 9.17) is 0 Å². The quantitative estimate of drug-likeness (QED) is 0.545. The van der Waals surface area contributed by atoms with Crippen molar-refractivity contribution in [1.82, 2.24) is 19.6 Å². The van der Waals surface area contributed by atoms with Gasteiger partial charge in [-0.2, -0.15) is 10.2 Å². The lowest BCUT2D eigenvalue weighted by Gasteiger charge is -2.10. The first-order chi connectivity index (χ1) is 14.7. The molecule has 0 saturated carbocycles. The topological polar surface area (TPSA) is 81.8 Å². The van der Waals surface area contributed by atoms with E-state index < -0.39 is 29.6 Å². The van der Waals surface area contributed by atoms with Crippen molar-refractivity contribution >= 4 is 22.5 Å². The van der Waals surface area contributed by atoms with E-state index >= 15 is 0 Å². The maximum absolute atomic E-state index is 13.8. The van der Waals surface area contributed by atoms with Crippen molar-refractivity contribution in [3.63, 3.8) is 0 Å². The largest absolute Gasteiger partial charge is 0.322 e. The van der Waals surface area contributed by atoms with Gasteiger partial charge in [0.05, 0.1) is 23.3 Å². The molecule has 1 N–H and O–H groups in total. The van der Waals surface area contributed by atoms with Crippen LogP contribution in [-0.2, 0) is 11.3 Å². The van der Waals surface area contributed by atoms with Gasteiger partial charge in [0.25, 0.3) is 5.56 Å². The summed E-state index contributed by atoms with van der Waals surface area (Å²) in [5.41, 5.74) is 2.99. The monoisotopic (exact) mass is 423 g/mol. The molecule has 0 unspecified atom stereocenters. The van der Waals surface area contributed by atoms with E-state index in [0.29, 0.717) is 22.8 Å². The molecule has 0 aliphatic carbocycles. The molecular weight excluding hydrogens is 404 g/mol. The van der Waals surface area contributed by atoms with Crippen LogP contribution < -0.4 is 10.9 Å². The van der Waals surface area contributed by atoms with Crippen molar-refractivity contribution in [3.8, 4) is 5.69 Å². The molecule has 2 aromatic heterocycles. The van der Waals surface area contributed by atoms with E-state index in [1.807, 2.05) is 32.0 Å². The second-order valence-electron chi connectivity index (χ2n) is 7.31. The number of nitrogens with one attached hydrogen (secondary N) is 1. The molecule has 9 heteroatoms. The molecule has 31 heavy (non-hydrogen) atoms. The number of carbonyl (C=O) groups excluding carboxylic acids is 1. The Morgan fingerprint density at radius 3 is 2.55 bits per heavy atom. The van der Waals surface area contributed by atoms with Crippen molar-refractivity contribution in [2.75, 3.05) is 5.32 Å². The van der Waals surface area contributed by atoms with Gasteiger partial charge in [-0.3, -0.25) is 9.59 Å². The van der Waals surface area contributed by atoms with E-state index in [-0.39, 0.29) is 11.2 Å². The zero-order chi connectivity index (χ0) is 22.3. The summed E-state index contributed by atoms with van der Waals surface area (Å²) in [5.74, 6) is -2.33. The van der Waals surface area contributed by atoms with Gasteiger partial charge in [0, 0.05) is 11.5 Å². The Balaban J connectivity index is 1.72. The fraction of sp³-hybridized carbons (Fsp3) is 0.182. The van der Waals surface area contributed by atoms with E-state index in [0.717, 1.165) is 27.9 Å². The second-order valence-corrected chi connectivity index (χ2v) is 7.31. The Bertz CT molecular complexity index is 1390. The maximum Gasteiger partial charge on any atom is 0.293 e. The molecule has 0 radical (unpaired) electrons. The summed E-state index contributed by atoms with van der Waals surface area (Å²) in [4.78, 5) is 25.5. The Morgan fingerprint density at radius 1 is 1.06 bits per heavy atom. The van der Waals surface area contributed by atoms with Crippen LogP contribution >= 0.6 is 0 Å². The minimum Gasteiger partial charge on any atom is -0.322 e. The van der Waals surface area contributed by atoms with E-state index in [1.165, 1.54) is 4.68 Å². The first-order valence-electron chi connectivity index (χ1n) is 9.52. The number of carbonyl (C=O) groups is 1. The first kappa shape index (κ1) is 20.4. The second kappa shape index (κ2) is 7.75. The maximum atomic E-state index is 13.8. The van der Waals surface area contributed by atoms with Crippen LogP contribution in [0.25, 0.3) is 16.6 Å². The SMILES string of the molecule is Cc1ccc(-n2ncc3c(C)nn(CC(=O)Nc4ccc(F)cc4F)c(=O)c32)cc1C. The molecule has 4 rings (SSSR count). The minimum atomic E-state index is -0.909. The predicted octanol–water partition coefficient (Wildman–Crippen LogP) is 3.42. The summed E-state index contributed by atoms with van der Waals surface area (Å²) in [6.45, 7) is 5.23. The summed E-state index contributed by atoms with van der Waals surface area (Å²) < 4.78 is 29.4. The van der Waals surface area contributed by atoms with Gasteiger partial charge in [0.1, 0.15) is 23.7 Å². The van der Waals surface area contributed by atoms with Crippen molar-refractivity contribution in [2.24, 2.45) is 0 Å². The third kappa shape index (κ3) is 3.81. The average molecular weight is 423 g/mol. The van der Waals surface area contributed by atoms with E-state index in [1.54, 1.807) is 13.1 Å². The molecule has 7 nitrogen and oxygen atoms in total. The fourth-order valence-electron chi connectivity index (χ4n) is 3.30. The van der Waals surface area contributed by atoms with E-state index in [2.05, 4.69) is 15.5 Å². The van der Waals surface area contributed by atoms with Gasteiger partial charge in [0.15, 0.2) is 0 Å². The highest BCUT2D eigenvalue weighted by molar-refractivity contribution is 5.91. The number of hydrogen-bond acceptors (Lipinski definition) is 4. The smallest absolute Gasteiger partial charge is 0.293 e. The molecular formula is C22H19F2N5O2. The number of fused-ring (bicyclic) bond motifs is 1. The van der Waals surface area contributed by atoms with Crippen LogP contribution in [0.3, 0.4) is 0 Å².